The summed E-state index contributed by atoms with van der Waals surface area (Å²) in [6, 6.07) is 7.05. The molecule has 0 aliphatic rings. The Kier molecular flexibility index (Phi) is 4.88. The number of nitrogens with zero attached hydrogens (tertiary/aromatic N) is 2. The van der Waals surface area contributed by atoms with E-state index >= 15 is 0 Å². The second-order valence-electron chi connectivity index (χ2n) is 4.27. The molecule has 0 aliphatic carbocycles. The molecule has 1 aromatic carbocycles. The Balaban J connectivity index is 2.21. The van der Waals surface area contributed by atoms with Crippen molar-refractivity contribution in [2.45, 2.75) is 24.0 Å². The third-order valence-corrected chi connectivity index (χ3v) is 4.98. The highest BCUT2D eigenvalue weighted by molar-refractivity contribution is 9.10. The lowest BCUT2D eigenvalue weighted by atomic mass is 10.2. The van der Waals surface area contributed by atoms with Gasteiger partial charge in [0, 0.05) is 17.7 Å². The predicted molar refractivity (Wildman–Crippen MR) is 83.2 cm³/mol. The van der Waals surface area contributed by atoms with Crippen molar-refractivity contribution in [3.8, 4) is 0 Å². The summed E-state index contributed by atoms with van der Waals surface area (Å²) in [4.78, 5) is 11.9. The maximum Gasteiger partial charge on any atom is 0.336 e. The van der Waals surface area contributed by atoms with E-state index < -0.39 is 5.97 Å². The molecule has 106 valence electrons. The van der Waals surface area contributed by atoms with Crippen molar-refractivity contribution in [1.82, 2.24) is 9.78 Å². The number of carboxylic acid groups (broad SMARTS) is 1. The second kappa shape index (κ2) is 6.45. The molecule has 0 saturated carbocycles. The zero-order valence-electron chi connectivity index (χ0n) is 11.3. The largest absolute Gasteiger partial charge is 0.478 e. The first kappa shape index (κ1) is 15.1. The smallest absolute Gasteiger partial charge is 0.336 e. The first-order valence-electron chi connectivity index (χ1n) is 6.20. The van der Waals surface area contributed by atoms with Crippen LogP contribution in [0.25, 0.3) is 0 Å². The van der Waals surface area contributed by atoms with Crippen LogP contribution in [0.2, 0.25) is 0 Å². The Hall–Kier alpha value is -1.27. The summed E-state index contributed by atoms with van der Waals surface area (Å²) >= 11 is 5.08. The van der Waals surface area contributed by atoms with Crippen LogP contribution in [0.5, 0.6) is 0 Å². The summed E-state index contributed by atoms with van der Waals surface area (Å²) in [5.74, 6) is -0.222. The van der Waals surface area contributed by atoms with Crippen molar-refractivity contribution in [1.29, 1.82) is 0 Å². The molecule has 2 rings (SSSR count). The molecule has 1 heterocycles. The molecule has 0 bridgehead atoms. The molecule has 0 radical (unpaired) electrons. The molecular formula is C14H15BrN2O2S. The molecule has 0 amide bonds. The van der Waals surface area contributed by atoms with Crippen molar-refractivity contribution in [3.63, 3.8) is 0 Å². The van der Waals surface area contributed by atoms with Gasteiger partial charge in [0.1, 0.15) is 0 Å². The van der Waals surface area contributed by atoms with Gasteiger partial charge in [-0.3, -0.25) is 4.68 Å². The van der Waals surface area contributed by atoms with E-state index in [4.69, 9.17) is 0 Å². The first-order valence-corrected chi connectivity index (χ1v) is 7.97. The van der Waals surface area contributed by atoms with Crippen LogP contribution in [-0.4, -0.2) is 20.9 Å². The number of carbonyl (C=O) groups is 1. The lowest BCUT2D eigenvalue weighted by molar-refractivity contribution is 0.0693. The van der Waals surface area contributed by atoms with E-state index in [0.29, 0.717) is 11.3 Å². The zero-order chi connectivity index (χ0) is 14.7. The van der Waals surface area contributed by atoms with Crippen LogP contribution in [0.1, 0.15) is 28.7 Å². The van der Waals surface area contributed by atoms with Gasteiger partial charge in [-0.2, -0.15) is 5.10 Å². The van der Waals surface area contributed by atoms with Gasteiger partial charge in [0.15, 0.2) is 0 Å². The normalized spacial score (nSPS) is 10.8. The lowest BCUT2D eigenvalue weighted by Gasteiger charge is -2.06. The van der Waals surface area contributed by atoms with Gasteiger partial charge in [-0.1, -0.05) is 19.1 Å². The van der Waals surface area contributed by atoms with E-state index in [1.165, 1.54) is 11.8 Å². The zero-order valence-corrected chi connectivity index (χ0v) is 13.7. The number of benzene rings is 1. The Morgan fingerprint density at radius 1 is 1.45 bits per heavy atom. The number of aromatic nitrogens is 2. The number of carboxylic acids is 1. The number of aryl methyl sites for hydroxylation is 2. The Bertz CT molecular complexity index is 640. The van der Waals surface area contributed by atoms with Crippen LogP contribution in [0.3, 0.4) is 0 Å². The van der Waals surface area contributed by atoms with Crippen molar-refractivity contribution < 1.29 is 9.90 Å². The maximum atomic E-state index is 11.2. The highest BCUT2D eigenvalue weighted by Gasteiger charge is 2.15. The SMILES string of the molecule is CCc1nn(C)c(CSc2ccccc2C(=O)O)c1Br. The van der Waals surface area contributed by atoms with Crippen molar-refractivity contribution >= 4 is 33.7 Å². The minimum Gasteiger partial charge on any atom is -0.478 e. The molecule has 0 aliphatic heterocycles. The van der Waals surface area contributed by atoms with Crippen LogP contribution < -0.4 is 0 Å². The fraction of sp³-hybridized carbons (Fsp3) is 0.286. The summed E-state index contributed by atoms with van der Waals surface area (Å²) in [6.07, 6.45) is 0.866. The fourth-order valence-corrected chi connectivity index (χ4v) is 3.94. The molecule has 6 heteroatoms. The van der Waals surface area contributed by atoms with Gasteiger partial charge in [0.05, 0.1) is 21.4 Å². The number of rotatable bonds is 5. The lowest BCUT2D eigenvalue weighted by Crippen LogP contribution is -2.00. The monoisotopic (exact) mass is 354 g/mol. The van der Waals surface area contributed by atoms with Crippen LogP contribution in [0.15, 0.2) is 33.6 Å². The van der Waals surface area contributed by atoms with Gasteiger partial charge in [-0.05, 0) is 34.5 Å². The predicted octanol–water partition coefficient (Wildman–Crippen LogP) is 3.74. The minimum absolute atomic E-state index is 0.339. The summed E-state index contributed by atoms with van der Waals surface area (Å²) in [6.45, 7) is 2.06. The summed E-state index contributed by atoms with van der Waals surface area (Å²) < 4.78 is 2.86. The van der Waals surface area contributed by atoms with Gasteiger partial charge in [0.25, 0.3) is 0 Å². The standard InChI is InChI=1S/C14H15BrN2O2S/c1-3-10-13(15)11(17(2)16-10)8-20-12-7-5-4-6-9(12)14(18)19/h4-7H,3,8H2,1-2H3,(H,18,19). The molecule has 2 aromatic rings. The molecule has 0 fully saturated rings. The molecule has 1 N–H and O–H groups in total. The third-order valence-electron chi connectivity index (χ3n) is 2.98. The first-order chi connectivity index (χ1) is 9.54. The Labute approximate surface area is 130 Å². The molecule has 0 spiro atoms. The van der Waals surface area contributed by atoms with Crippen molar-refractivity contribution in [3.05, 3.63) is 45.7 Å². The number of hydrogen-bond donors (Lipinski definition) is 1. The van der Waals surface area contributed by atoms with Crippen LogP contribution in [0, 0.1) is 0 Å². The number of aromatic carboxylic acids is 1. The molecule has 0 atom stereocenters. The topological polar surface area (TPSA) is 55.1 Å². The van der Waals surface area contributed by atoms with E-state index in [1.807, 2.05) is 23.9 Å². The molecule has 1 aromatic heterocycles. The quantitative estimate of drug-likeness (QED) is 0.831. The molecule has 0 unspecified atom stereocenters. The van der Waals surface area contributed by atoms with E-state index in [9.17, 15) is 9.90 Å². The molecule has 4 nitrogen and oxygen atoms in total. The van der Waals surface area contributed by atoms with Gasteiger partial charge in [0.2, 0.25) is 0 Å². The third kappa shape index (κ3) is 3.07. The highest BCUT2D eigenvalue weighted by atomic mass is 79.9. The summed E-state index contributed by atoms with van der Waals surface area (Å²) in [5.41, 5.74) is 2.42. The van der Waals surface area contributed by atoms with Crippen molar-refractivity contribution in [2.24, 2.45) is 7.05 Å². The van der Waals surface area contributed by atoms with E-state index in [0.717, 1.165) is 27.2 Å². The fourth-order valence-electron chi connectivity index (χ4n) is 1.89. The van der Waals surface area contributed by atoms with E-state index in [2.05, 4.69) is 28.0 Å². The molecule has 20 heavy (non-hydrogen) atoms. The highest BCUT2D eigenvalue weighted by Crippen LogP contribution is 2.30. The van der Waals surface area contributed by atoms with Crippen molar-refractivity contribution in [2.75, 3.05) is 0 Å². The van der Waals surface area contributed by atoms with Gasteiger partial charge in [-0.25, -0.2) is 4.79 Å². The number of thioether (sulfide) groups is 1. The van der Waals surface area contributed by atoms with Gasteiger partial charge < -0.3 is 5.11 Å². The Morgan fingerprint density at radius 3 is 2.75 bits per heavy atom. The van der Waals surface area contributed by atoms with Crippen LogP contribution in [-0.2, 0) is 19.2 Å². The maximum absolute atomic E-state index is 11.2. The molecule has 0 saturated heterocycles. The number of halogens is 1. The van der Waals surface area contributed by atoms with E-state index in [-0.39, 0.29) is 0 Å². The average molecular weight is 355 g/mol. The summed E-state index contributed by atoms with van der Waals surface area (Å²) in [7, 11) is 1.91. The summed E-state index contributed by atoms with van der Waals surface area (Å²) in [5, 5.41) is 13.6. The average Bonchev–Trinajstić information content (AvgIpc) is 2.71. The number of hydrogen-bond acceptors (Lipinski definition) is 3. The Morgan fingerprint density at radius 2 is 2.15 bits per heavy atom. The van der Waals surface area contributed by atoms with Gasteiger partial charge in [-0.15, -0.1) is 11.8 Å². The van der Waals surface area contributed by atoms with Gasteiger partial charge >= 0.3 is 5.97 Å². The minimum atomic E-state index is -0.897. The van der Waals surface area contributed by atoms with Crippen LogP contribution >= 0.6 is 27.7 Å². The van der Waals surface area contributed by atoms with E-state index in [1.54, 1.807) is 12.1 Å². The second-order valence-corrected chi connectivity index (χ2v) is 6.08. The van der Waals surface area contributed by atoms with Crippen LogP contribution in [0.4, 0.5) is 0 Å². The molecular weight excluding hydrogens is 340 g/mol.